The Morgan fingerprint density at radius 1 is 0.500 bits per heavy atom. The molecule has 0 atom stereocenters. The molecule has 0 rings (SSSR count). The van der Waals surface area contributed by atoms with Crippen LogP contribution in [0.2, 0.25) is 0 Å². The molecule has 0 saturated carbocycles. The van der Waals surface area contributed by atoms with E-state index in [-0.39, 0.29) is 79.9 Å². The molecule has 0 fully saturated rings. The van der Waals surface area contributed by atoms with E-state index in [0.717, 1.165) is 0 Å². The molecule has 0 aliphatic rings. The van der Waals surface area contributed by atoms with Crippen LogP contribution in [0.15, 0.2) is 0 Å². The van der Waals surface area contributed by atoms with Gasteiger partial charge in [0.2, 0.25) is 0 Å². The first-order chi connectivity index (χ1) is 8.31. The van der Waals surface area contributed by atoms with Crippen molar-refractivity contribution in [3.63, 3.8) is 0 Å². The summed E-state index contributed by atoms with van der Waals surface area (Å²) in [5, 5.41) is 55.5. The Hall–Kier alpha value is 5.68. The third kappa shape index (κ3) is 56.5. The summed E-state index contributed by atoms with van der Waals surface area (Å²) in [7, 11) is -6.87. The monoisotopic (exact) mass is 808 g/mol. The fourth-order valence-corrected chi connectivity index (χ4v) is 0.805. The summed E-state index contributed by atoms with van der Waals surface area (Å²) in [4.78, 5) is 10.5. The predicted molar refractivity (Wildman–Crippen MR) is 23.8 cm³/mol. The van der Waals surface area contributed by atoms with Gasteiger partial charge in [0.1, 0.15) is 0 Å². The van der Waals surface area contributed by atoms with Crippen molar-refractivity contribution in [2.45, 2.75) is 0 Å². The number of hydrogen-bond acceptors (Lipinski definition) is 12. The van der Waals surface area contributed by atoms with E-state index in [1.165, 1.54) is 0 Å². The van der Waals surface area contributed by atoms with Crippen LogP contribution >= 0.6 is 0 Å². The Labute approximate surface area is 241 Å². The average Bonchev–Trinajstić information content (AvgIpc) is 2.18. The van der Waals surface area contributed by atoms with Gasteiger partial charge < -0.3 is 0 Å². The van der Waals surface area contributed by atoms with E-state index < -0.39 is 22.0 Å². The number of rotatable bonds is 6. The average molecular weight is 806 g/mol. The second-order valence-corrected chi connectivity index (χ2v) is 2.86. The van der Waals surface area contributed by atoms with Crippen molar-refractivity contribution in [2.75, 3.05) is 0 Å². The molecule has 0 amide bonds. The van der Waals surface area contributed by atoms with E-state index in [4.69, 9.17) is 0 Å². The molecule has 0 aliphatic carbocycles. The van der Waals surface area contributed by atoms with Crippen molar-refractivity contribution in [1.82, 2.24) is 0 Å². The Morgan fingerprint density at radius 2 is 0.650 bits per heavy atom. The van der Waals surface area contributed by atoms with Crippen LogP contribution in [-0.2, 0) is 115 Å². The predicted octanol–water partition coefficient (Wildman–Crippen LogP) is -8.69. The molecule has 0 N–H and O–H groups in total. The van der Waals surface area contributed by atoms with Crippen LogP contribution in [0.4, 0.5) is 0 Å². The topological polar surface area (TPSA) is 194 Å². The van der Waals surface area contributed by atoms with Gasteiger partial charge in [-0.2, -0.15) is 0 Å². The van der Waals surface area contributed by atoms with E-state index in [2.05, 4.69) is 21.0 Å². The molecule has 0 unspecified atom stereocenters. The summed E-state index contributed by atoms with van der Waals surface area (Å²) in [6.45, 7) is 0. The summed E-state index contributed by atoms with van der Waals surface area (Å²) < 4.78 is 11.4. The van der Waals surface area contributed by atoms with Gasteiger partial charge in [-0.15, -0.1) is 0 Å². The summed E-state index contributed by atoms with van der Waals surface area (Å²) in [5.41, 5.74) is 0. The summed E-state index contributed by atoms with van der Waals surface area (Å²) in [6.07, 6.45) is 0. The van der Waals surface area contributed by atoms with Crippen LogP contribution in [0, 0.1) is 79.9 Å². The molecule has 0 aliphatic heterocycles. The quantitative estimate of drug-likeness (QED) is 0.140. The van der Waals surface area contributed by atoms with Crippen molar-refractivity contribution < 1.29 is 225 Å². The molecule has 0 aromatic rings. The van der Waals surface area contributed by atoms with Crippen LogP contribution < -0.4 is 30.1 Å². The molecular weight excluding hydrogens is 806 g/mol. The van der Waals surface area contributed by atoms with Crippen LogP contribution in [0.3, 0.4) is 0 Å². The van der Waals surface area contributed by atoms with E-state index >= 15 is 0 Å². The minimum absolute atomic E-state index is 0. The van der Waals surface area contributed by atoms with Gasteiger partial charge >= 0.3 is 247 Å². The molecule has 20 heteroatoms. The van der Waals surface area contributed by atoms with Crippen LogP contribution in [-0.4, -0.2) is 22.0 Å². The second-order valence-electron chi connectivity index (χ2n) is 1.44. The fourth-order valence-electron chi connectivity index (χ4n) is 0.136. The number of hydrogen-bond donors (Lipinski definition) is 0. The summed E-state index contributed by atoms with van der Waals surface area (Å²) in [5.74, 6) is 0. The van der Waals surface area contributed by atoms with Gasteiger partial charge in [-0.3, -0.25) is 0 Å². The molecule has 0 aromatic carbocycles. The zero-order valence-electron chi connectivity index (χ0n) is 9.07. The van der Waals surface area contributed by atoms with E-state index in [0.29, 0.717) is 94.4 Å². The van der Waals surface area contributed by atoms with Gasteiger partial charge in [0.15, 0.2) is 0 Å². The van der Waals surface area contributed by atoms with Crippen LogP contribution in [0.5, 0.6) is 0 Å². The van der Waals surface area contributed by atoms with Gasteiger partial charge in [-0.25, -0.2) is 0 Å². The van der Waals surface area contributed by atoms with E-state index in [1.54, 1.807) is 0 Å². The van der Waals surface area contributed by atoms with Gasteiger partial charge in [0.05, 0.1) is 0 Å². The standard InChI is InChI=1S/3BHO4.2Gd.3Y/c3*2-1(3)5-4;;;;;/h3*4H;;;;;/q3*-2;2*+3;3*+1/p-3. The third-order valence-electron chi connectivity index (χ3n) is 0.402. The minimum atomic E-state index is -2.29. The first kappa shape index (κ1) is 36.6. The second kappa shape index (κ2) is 32.4. The molecule has 0 aromatic heterocycles. The SMILES string of the molecule is [Gd+3].[Gd+3].[O-]B([O-])O[O][Y].[O-]B([O-])O[O][Y].[O-]B([O-])O[O][Y]. The molecule has 12 nitrogen and oxygen atoms in total. The van der Waals surface area contributed by atoms with Crippen LogP contribution in [0.25, 0.3) is 0 Å². The van der Waals surface area contributed by atoms with Gasteiger partial charge in [-0.05, 0) is 0 Å². The molecule has 106 valence electrons. The molecule has 0 spiro atoms. The Morgan fingerprint density at radius 3 is 0.650 bits per heavy atom. The van der Waals surface area contributed by atoms with E-state index in [1.807, 2.05) is 0 Å². The zero-order valence-corrected chi connectivity index (χ0v) is 22.1. The van der Waals surface area contributed by atoms with Crippen molar-refractivity contribution in [3.8, 4) is 0 Å². The van der Waals surface area contributed by atoms with Gasteiger partial charge in [0.25, 0.3) is 0 Å². The maximum absolute atomic E-state index is 9.25. The third-order valence-corrected chi connectivity index (χ3v) is 1.22. The Bertz CT molecular complexity index is 119. The Kier molecular flexibility index (Phi) is 59.2. The molecular formula is B3Gd2O12Y3. The van der Waals surface area contributed by atoms with Crippen molar-refractivity contribution in [1.29, 1.82) is 0 Å². The first-order valence-electron chi connectivity index (χ1n) is 3.33. The molecule has 2 radical (unpaired) electrons. The summed E-state index contributed by atoms with van der Waals surface area (Å²) in [6, 6.07) is 0. The van der Waals surface area contributed by atoms with E-state index in [9.17, 15) is 30.1 Å². The van der Waals surface area contributed by atoms with Crippen molar-refractivity contribution in [2.24, 2.45) is 0 Å². The van der Waals surface area contributed by atoms with Crippen LogP contribution in [0.1, 0.15) is 0 Å². The van der Waals surface area contributed by atoms with Crippen molar-refractivity contribution in [3.05, 3.63) is 0 Å². The maximum atomic E-state index is 9.25. The van der Waals surface area contributed by atoms with Crippen molar-refractivity contribution >= 4 is 22.0 Å². The van der Waals surface area contributed by atoms with Gasteiger partial charge in [-0.1, -0.05) is 0 Å². The molecule has 0 saturated heterocycles. The Balaban J connectivity index is -0.0000000536. The molecule has 0 heterocycles. The first-order valence-corrected chi connectivity index (χ1v) is 6.80. The fraction of sp³-hybridized carbons (Fsp3) is 0. The normalized spacial score (nSPS) is 7.35. The zero-order chi connectivity index (χ0) is 15.0. The molecule has 20 heavy (non-hydrogen) atoms. The van der Waals surface area contributed by atoms with Gasteiger partial charge in [0, 0.05) is 0 Å². The summed E-state index contributed by atoms with van der Waals surface area (Å²) >= 11 is 0.954. The molecule has 0 bridgehead atoms.